The van der Waals surface area contributed by atoms with Gasteiger partial charge in [-0.15, -0.1) is 11.3 Å². The maximum Gasteiger partial charge on any atom is 0.169 e. The fourth-order valence-electron chi connectivity index (χ4n) is 2.69. The fourth-order valence-corrected chi connectivity index (χ4v) is 3.89. The van der Waals surface area contributed by atoms with Crippen molar-refractivity contribution in [1.82, 2.24) is 14.8 Å². The van der Waals surface area contributed by atoms with Gasteiger partial charge in [0.25, 0.3) is 0 Å². The van der Waals surface area contributed by atoms with Gasteiger partial charge in [-0.25, -0.2) is 4.68 Å². The molecule has 0 bridgehead atoms. The molecular weight excluding hydrogens is 401 g/mol. The minimum absolute atomic E-state index is 0.0411. The quantitative estimate of drug-likeness (QED) is 0.375. The van der Waals surface area contributed by atoms with Crippen LogP contribution in [0.1, 0.15) is 16.6 Å². The van der Waals surface area contributed by atoms with Crippen molar-refractivity contribution < 1.29 is 4.79 Å². The monoisotopic (exact) mass is 413 g/mol. The van der Waals surface area contributed by atoms with E-state index in [1.54, 1.807) is 36.1 Å². The molecule has 3 heterocycles. The summed E-state index contributed by atoms with van der Waals surface area (Å²) in [5.41, 5.74) is 3.33. The number of halogens is 2. The second-order valence-electron chi connectivity index (χ2n) is 5.89. The van der Waals surface area contributed by atoms with Crippen LogP contribution in [0.2, 0.25) is 10.0 Å². The summed E-state index contributed by atoms with van der Waals surface area (Å²) < 4.78 is 1.81. The topological polar surface area (TPSA) is 47.8 Å². The van der Waals surface area contributed by atoms with Crippen LogP contribution in [0.4, 0.5) is 0 Å². The maximum atomic E-state index is 11.7. The smallest absolute Gasteiger partial charge is 0.169 e. The summed E-state index contributed by atoms with van der Waals surface area (Å²) in [7, 11) is 0. The van der Waals surface area contributed by atoms with Crippen molar-refractivity contribution in [3.8, 4) is 27.5 Å². The first-order chi connectivity index (χ1) is 13.0. The zero-order valence-electron chi connectivity index (χ0n) is 14.2. The molecule has 0 saturated heterocycles. The number of Topliss-reactive ketones (excluding diaryl/α,β-unsaturated/α-hetero) is 1. The minimum atomic E-state index is 0.0411. The number of hydrogen-bond donors (Lipinski definition) is 0. The van der Waals surface area contributed by atoms with Crippen LogP contribution < -0.4 is 0 Å². The third-order valence-corrected chi connectivity index (χ3v) is 5.97. The van der Waals surface area contributed by atoms with Gasteiger partial charge in [0.15, 0.2) is 5.78 Å². The molecule has 3 aromatic heterocycles. The molecule has 0 fully saturated rings. The highest BCUT2D eigenvalue weighted by molar-refractivity contribution is 7.17. The highest BCUT2D eigenvalue weighted by atomic mass is 35.5. The predicted molar refractivity (Wildman–Crippen MR) is 110 cm³/mol. The molecule has 0 aliphatic heterocycles. The molecule has 0 unspecified atom stereocenters. The SMILES string of the molecule is CC(=O)c1ccc(-c2cc(-c3cccnc3)nn2-c2ccc(Cl)c(Cl)c2)s1. The van der Waals surface area contributed by atoms with Gasteiger partial charge in [0.1, 0.15) is 0 Å². The lowest BCUT2D eigenvalue weighted by Gasteiger charge is -2.07. The van der Waals surface area contributed by atoms with Gasteiger partial charge in [0, 0.05) is 18.0 Å². The van der Waals surface area contributed by atoms with Crippen LogP contribution in [0.3, 0.4) is 0 Å². The van der Waals surface area contributed by atoms with Crippen LogP contribution in [0, 0.1) is 0 Å². The molecule has 0 atom stereocenters. The third kappa shape index (κ3) is 3.54. The largest absolute Gasteiger partial charge is 0.294 e. The highest BCUT2D eigenvalue weighted by Gasteiger charge is 2.16. The van der Waals surface area contributed by atoms with Crippen molar-refractivity contribution in [2.24, 2.45) is 0 Å². The van der Waals surface area contributed by atoms with E-state index in [9.17, 15) is 4.79 Å². The molecule has 0 N–H and O–H groups in total. The summed E-state index contributed by atoms with van der Waals surface area (Å²) >= 11 is 13.7. The van der Waals surface area contributed by atoms with Crippen LogP contribution in [0.15, 0.2) is 60.9 Å². The second kappa shape index (κ2) is 7.27. The van der Waals surface area contributed by atoms with Gasteiger partial charge in [0.2, 0.25) is 0 Å². The predicted octanol–water partition coefficient (Wildman–Crippen LogP) is 6.17. The molecule has 4 aromatic rings. The first-order valence-electron chi connectivity index (χ1n) is 8.10. The standard InChI is InChI=1S/C20H13Cl2N3OS/c1-12(26)19-6-7-20(27-19)18-10-17(13-3-2-8-23-11-13)24-25(18)14-4-5-15(21)16(22)9-14/h2-11H,1H3. The van der Waals surface area contributed by atoms with E-state index >= 15 is 0 Å². The second-order valence-corrected chi connectivity index (χ2v) is 7.78. The average molecular weight is 414 g/mol. The number of hydrogen-bond acceptors (Lipinski definition) is 4. The summed E-state index contributed by atoms with van der Waals surface area (Å²) in [6.45, 7) is 1.56. The fraction of sp³-hybridized carbons (Fsp3) is 0.0500. The van der Waals surface area contributed by atoms with E-state index in [0.717, 1.165) is 27.5 Å². The van der Waals surface area contributed by atoms with E-state index in [4.69, 9.17) is 28.3 Å². The molecule has 0 spiro atoms. The van der Waals surface area contributed by atoms with Crippen LogP contribution >= 0.6 is 34.5 Å². The number of thiophene rings is 1. The lowest BCUT2D eigenvalue weighted by atomic mass is 10.2. The maximum absolute atomic E-state index is 11.7. The van der Waals surface area contributed by atoms with Crippen molar-refractivity contribution in [2.45, 2.75) is 6.92 Å². The Kier molecular flexibility index (Phi) is 4.83. The number of aromatic nitrogens is 3. The van der Waals surface area contributed by atoms with Crippen LogP contribution in [0.25, 0.3) is 27.5 Å². The molecule has 0 amide bonds. The van der Waals surface area contributed by atoms with Gasteiger partial charge in [-0.05, 0) is 55.5 Å². The van der Waals surface area contributed by atoms with Gasteiger partial charge < -0.3 is 0 Å². The molecule has 4 nitrogen and oxygen atoms in total. The number of ketones is 1. The van der Waals surface area contributed by atoms with Gasteiger partial charge in [-0.3, -0.25) is 9.78 Å². The summed E-state index contributed by atoms with van der Waals surface area (Å²) in [6.07, 6.45) is 3.49. The lowest BCUT2D eigenvalue weighted by molar-refractivity contribution is 0.102. The molecule has 0 aliphatic carbocycles. The van der Waals surface area contributed by atoms with E-state index in [1.165, 1.54) is 11.3 Å². The zero-order chi connectivity index (χ0) is 19.0. The van der Waals surface area contributed by atoms with Crippen molar-refractivity contribution >= 4 is 40.3 Å². The zero-order valence-corrected chi connectivity index (χ0v) is 16.5. The Bertz CT molecular complexity index is 1140. The molecule has 0 aliphatic rings. The molecule has 134 valence electrons. The number of carbonyl (C=O) groups is 1. The van der Waals surface area contributed by atoms with Gasteiger partial charge in [-0.2, -0.15) is 5.10 Å². The summed E-state index contributed by atoms with van der Waals surface area (Å²) in [4.78, 5) is 17.5. The van der Waals surface area contributed by atoms with Crippen molar-refractivity contribution in [3.05, 3.63) is 75.8 Å². The van der Waals surface area contributed by atoms with Gasteiger partial charge in [-0.1, -0.05) is 23.2 Å². The molecule has 27 heavy (non-hydrogen) atoms. The number of rotatable bonds is 4. The van der Waals surface area contributed by atoms with Crippen molar-refractivity contribution in [3.63, 3.8) is 0 Å². The summed E-state index contributed by atoms with van der Waals surface area (Å²) in [5, 5.41) is 5.68. The first-order valence-corrected chi connectivity index (χ1v) is 9.67. The number of benzene rings is 1. The lowest BCUT2D eigenvalue weighted by Crippen LogP contribution is -1.98. The Labute approximate surface area is 170 Å². The van der Waals surface area contributed by atoms with E-state index in [-0.39, 0.29) is 5.78 Å². The normalized spacial score (nSPS) is 10.9. The highest BCUT2D eigenvalue weighted by Crippen LogP contribution is 2.34. The Hall–Kier alpha value is -2.47. The van der Waals surface area contributed by atoms with Crippen LogP contribution in [0.5, 0.6) is 0 Å². The molecule has 0 radical (unpaired) electrons. The van der Waals surface area contributed by atoms with Crippen LogP contribution in [-0.4, -0.2) is 20.5 Å². The number of nitrogens with zero attached hydrogens (tertiary/aromatic N) is 3. The number of carbonyl (C=O) groups excluding carboxylic acids is 1. The molecular formula is C20H13Cl2N3OS. The Morgan fingerprint density at radius 3 is 2.59 bits per heavy atom. The van der Waals surface area contributed by atoms with Crippen molar-refractivity contribution in [1.29, 1.82) is 0 Å². The molecule has 1 aromatic carbocycles. The van der Waals surface area contributed by atoms with Gasteiger partial charge >= 0.3 is 0 Å². The number of pyridine rings is 1. The summed E-state index contributed by atoms with van der Waals surface area (Å²) in [6, 6.07) is 14.9. The molecule has 4 rings (SSSR count). The van der Waals surface area contributed by atoms with E-state index < -0.39 is 0 Å². The van der Waals surface area contributed by atoms with Crippen molar-refractivity contribution in [2.75, 3.05) is 0 Å². The Morgan fingerprint density at radius 1 is 1.07 bits per heavy atom. The van der Waals surface area contributed by atoms with Crippen LogP contribution in [-0.2, 0) is 0 Å². The van der Waals surface area contributed by atoms with E-state index in [1.807, 2.05) is 36.4 Å². The Balaban J connectivity index is 1.90. The third-order valence-electron chi connectivity index (χ3n) is 4.02. The summed E-state index contributed by atoms with van der Waals surface area (Å²) in [5.74, 6) is 0.0411. The molecule has 7 heteroatoms. The average Bonchev–Trinajstić information content (AvgIpc) is 3.32. The molecule has 0 saturated carbocycles. The Morgan fingerprint density at radius 2 is 1.93 bits per heavy atom. The minimum Gasteiger partial charge on any atom is -0.294 e. The first kappa shape index (κ1) is 17.9. The van der Waals surface area contributed by atoms with E-state index in [2.05, 4.69) is 4.98 Å². The van der Waals surface area contributed by atoms with E-state index in [0.29, 0.717) is 14.9 Å². The van der Waals surface area contributed by atoms with Gasteiger partial charge in [0.05, 0.1) is 36.9 Å².